The lowest BCUT2D eigenvalue weighted by molar-refractivity contribution is -0.422. The van der Waals surface area contributed by atoms with Gasteiger partial charge in [-0.3, -0.25) is 10.1 Å². The van der Waals surface area contributed by atoms with Gasteiger partial charge in [0.2, 0.25) is 5.70 Å². The molecule has 1 aromatic heterocycles. The second-order valence-corrected chi connectivity index (χ2v) is 5.94. The van der Waals surface area contributed by atoms with Crippen LogP contribution in [0.25, 0.3) is 17.0 Å². The van der Waals surface area contributed by atoms with Crippen LogP contribution < -0.4 is 4.74 Å². The fourth-order valence-corrected chi connectivity index (χ4v) is 2.90. The number of benzene rings is 2. The van der Waals surface area contributed by atoms with Crippen molar-refractivity contribution in [2.24, 2.45) is 0 Å². The summed E-state index contributed by atoms with van der Waals surface area (Å²) >= 11 is 0. The van der Waals surface area contributed by atoms with Gasteiger partial charge in [-0.2, -0.15) is 0 Å². The van der Waals surface area contributed by atoms with Crippen molar-refractivity contribution in [1.82, 2.24) is 4.57 Å². The van der Waals surface area contributed by atoms with Crippen LogP contribution in [0.2, 0.25) is 0 Å². The minimum absolute atomic E-state index is 0.116. The van der Waals surface area contributed by atoms with E-state index >= 15 is 0 Å². The molecule has 0 amide bonds. The number of allylic oxidation sites excluding steroid dienone is 1. The molecule has 3 rings (SSSR count). The lowest BCUT2D eigenvalue weighted by atomic mass is 10.1. The second kappa shape index (κ2) is 7.21. The molecule has 0 spiro atoms. The predicted octanol–water partition coefficient (Wildman–Crippen LogP) is 4.53. The molecule has 0 aliphatic heterocycles. The molecule has 25 heavy (non-hydrogen) atoms. The summed E-state index contributed by atoms with van der Waals surface area (Å²) in [5.74, 6) is 0.738. The molecule has 0 aliphatic rings. The predicted molar refractivity (Wildman–Crippen MR) is 99.3 cm³/mol. The molecule has 0 fully saturated rings. The summed E-state index contributed by atoms with van der Waals surface area (Å²) in [6.07, 6.45) is 4.48. The van der Waals surface area contributed by atoms with Gasteiger partial charge < -0.3 is 9.30 Å². The molecule has 1 heterocycles. The van der Waals surface area contributed by atoms with Gasteiger partial charge in [0.1, 0.15) is 5.75 Å². The summed E-state index contributed by atoms with van der Waals surface area (Å²) in [6.45, 7) is 2.31. The first-order valence-electron chi connectivity index (χ1n) is 8.12. The van der Waals surface area contributed by atoms with Crippen LogP contribution in [0.4, 0.5) is 0 Å². The van der Waals surface area contributed by atoms with Crippen molar-refractivity contribution in [2.75, 3.05) is 7.11 Å². The fraction of sp³-hybridized carbons (Fsp3) is 0.200. The largest absolute Gasteiger partial charge is 0.497 e. The normalized spacial score (nSPS) is 11.7. The number of rotatable bonds is 6. The monoisotopic (exact) mass is 336 g/mol. The molecule has 2 aromatic carbocycles. The Morgan fingerprint density at radius 1 is 1.24 bits per heavy atom. The third-order valence-corrected chi connectivity index (χ3v) is 4.26. The summed E-state index contributed by atoms with van der Waals surface area (Å²) in [4.78, 5) is 10.6. The number of aromatic nitrogens is 1. The minimum atomic E-state index is -0.368. The van der Waals surface area contributed by atoms with Crippen LogP contribution >= 0.6 is 0 Å². The van der Waals surface area contributed by atoms with Gasteiger partial charge in [-0.05, 0) is 30.2 Å². The Labute approximate surface area is 146 Å². The number of hydrogen-bond donors (Lipinski definition) is 0. The number of ether oxygens (including phenoxy) is 1. The molecular formula is C20H20N2O3. The van der Waals surface area contributed by atoms with Crippen molar-refractivity contribution in [1.29, 1.82) is 0 Å². The average molecular weight is 336 g/mol. The molecular weight excluding hydrogens is 316 g/mol. The number of hydrogen-bond acceptors (Lipinski definition) is 3. The zero-order valence-electron chi connectivity index (χ0n) is 14.3. The topological polar surface area (TPSA) is 57.3 Å². The minimum Gasteiger partial charge on any atom is -0.497 e. The first-order chi connectivity index (χ1) is 12.1. The maximum Gasteiger partial charge on any atom is 0.243 e. The van der Waals surface area contributed by atoms with Crippen molar-refractivity contribution in [2.45, 2.75) is 19.9 Å². The van der Waals surface area contributed by atoms with Crippen LogP contribution in [0.5, 0.6) is 5.75 Å². The van der Waals surface area contributed by atoms with E-state index in [1.54, 1.807) is 13.2 Å². The Hall–Kier alpha value is -3.08. The molecule has 0 bridgehead atoms. The second-order valence-electron chi connectivity index (χ2n) is 5.94. The van der Waals surface area contributed by atoms with Crippen LogP contribution in [0.15, 0.2) is 60.4 Å². The van der Waals surface area contributed by atoms with Crippen molar-refractivity contribution in [3.8, 4) is 5.75 Å². The number of aryl methyl sites for hydroxylation is 2. The van der Waals surface area contributed by atoms with E-state index in [0.717, 1.165) is 35.2 Å². The third kappa shape index (κ3) is 3.71. The summed E-state index contributed by atoms with van der Waals surface area (Å²) in [5, 5.41) is 11.9. The molecule has 0 saturated carbocycles. The van der Waals surface area contributed by atoms with Gasteiger partial charge in [-0.25, -0.2) is 0 Å². The van der Waals surface area contributed by atoms with Crippen molar-refractivity contribution in [3.05, 3.63) is 81.7 Å². The summed E-state index contributed by atoms with van der Waals surface area (Å²) in [7, 11) is 1.62. The Morgan fingerprint density at radius 3 is 2.68 bits per heavy atom. The molecule has 0 saturated heterocycles. The summed E-state index contributed by atoms with van der Waals surface area (Å²) in [5.41, 5.74) is 3.25. The van der Waals surface area contributed by atoms with Crippen LogP contribution in [0, 0.1) is 10.1 Å². The van der Waals surface area contributed by atoms with E-state index in [-0.39, 0.29) is 10.6 Å². The maximum absolute atomic E-state index is 11.0. The number of methoxy groups -OCH3 is 1. The van der Waals surface area contributed by atoms with Crippen LogP contribution in [0.3, 0.4) is 0 Å². The van der Waals surface area contributed by atoms with Gasteiger partial charge in [0, 0.05) is 42.2 Å². The van der Waals surface area contributed by atoms with Crippen molar-refractivity contribution in [3.63, 3.8) is 0 Å². The smallest absolute Gasteiger partial charge is 0.243 e. The quantitative estimate of drug-likeness (QED) is 0.491. The molecule has 0 aliphatic carbocycles. The summed E-state index contributed by atoms with van der Waals surface area (Å²) in [6, 6.07) is 16.1. The van der Waals surface area contributed by atoms with Gasteiger partial charge in [0.15, 0.2) is 0 Å². The highest BCUT2D eigenvalue weighted by Crippen LogP contribution is 2.28. The SMILES string of the molecule is COc1ccc2c(c1)c(/C=C(\C)[N+](=O)[O-])cn2CCc1ccccc1. The molecule has 5 nitrogen and oxygen atoms in total. The Bertz CT molecular complexity index is 927. The lowest BCUT2D eigenvalue weighted by Gasteiger charge is -2.06. The Morgan fingerprint density at radius 2 is 2.00 bits per heavy atom. The number of fused-ring (bicyclic) bond motifs is 1. The Kier molecular flexibility index (Phi) is 4.84. The Balaban J connectivity index is 2.00. The maximum atomic E-state index is 11.0. The van der Waals surface area contributed by atoms with Gasteiger partial charge in [0.25, 0.3) is 0 Å². The first kappa shape index (κ1) is 16.8. The summed E-state index contributed by atoms with van der Waals surface area (Å²) < 4.78 is 7.44. The third-order valence-electron chi connectivity index (χ3n) is 4.26. The molecule has 0 atom stereocenters. The van der Waals surface area contributed by atoms with E-state index in [1.807, 2.05) is 42.6 Å². The van der Waals surface area contributed by atoms with Crippen LogP contribution in [0.1, 0.15) is 18.1 Å². The van der Waals surface area contributed by atoms with Gasteiger partial charge in [-0.1, -0.05) is 30.3 Å². The highest BCUT2D eigenvalue weighted by atomic mass is 16.6. The molecule has 0 radical (unpaired) electrons. The zero-order chi connectivity index (χ0) is 17.8. The van der Waals surface area contributed by atoms with E-state index < -0.39 is 0 Å². The van der Waals surface area contributed by atoms with E-state index in [4.69, 9.17) is 4.74 Å². The van der Waals surface area contributed by atoms with Crippen LogP contribution in [-0.2, 0) is 13.0 Å². The van der Waals surface area contributed by atoms with E-state index in [0.29, 0.717) is 0 Å². The van der Waals surface area contributed by atoms with Gasteiger partial charge in [-0.15, -0.1) is 0 Å². The standard InChI is InChI=1S/C20H20N2O3/c1-15(22(23)24)12-17-14-21(11-10-16-6-4-3-5-7-16)20-9-8-18(25-2)13-19(17)20/h3-9,12-14H,10-11H2,1-2H3/b15-12+. The van der Waals surface area contributed by atoms with E-state index in [9.17, 15) is 10.1 Å². The van der Waals surface area contributed by atoms with Gasteiger partial charge >= 0.3 is 0 Å². The van der Waals surface area contributed by atoms with E-state index in [2.05, 4.69) is 16.7 Å². The fourth-order valence-electron chi connectivity index (χ4n) is 2.90. The molecule has 128 valence electrons. The molecule has 3 aromatic rings. The van der Waals surface area contributed by atoms with E-state index in [1.165, 1.54) is 12.5 Å². The van der Waals surface area contributed by atoms with Gasteiger partial charge in [0.05, 0.1) is 12.0 Å². The highest BCUT2D eigenvalue weighted by molar-refractivity contribution is 5.90. The molecule has 0 N–H and O–H groups in total. The van der Waals surface area contributed by atoms with Crippen molar-refractivity contribution >= 4 is 17.0 Å². The van der Waals surface area contributed by atoms with Crippen molar-refractivity contribution < 1.29 is 9.66 Å². The number of nitro groups is 1. The zero-order valence-corrected chi connectivity index (χ0v) is 14.3. The lowest BCUT2D eigenvalue weighted by Crippen LogP contribution is -1.99. The molecule has 5 heteroatoms. The average Bonchev–Trinajstić information content (AvgIpc) is 2.97. The number of nitrogens with zero attached hydrogens (tertiary/aromatic N) is 2. The molecule has 0 unspecified atom stereocenters. The van der Waals surface area contributed by atoms with Crippen LogP contribution in [-0.4, -0.2) is 16.6 Å². The first-order valence-corrected chi connectivity index (χ1v) is 8.12. The highest BCUT2D eigenvalue weighted by Gasteiger charge is 2.11.